The average Bonchev–Trinajstić information content (AvgIpc) is 2.33. The van der Waals surface area contributed by atoms with Crippen LogP contribution in [0.3, 0.4) is 0 Å². The van der Waals surface area contributed by atoms with Gasteiger partial charge in [-0.15, -0.1) is 0 Å². The molecule has 0 bridgehead atoms. The van der Waals surface area contributed by atoms with Gasteiger partial charge in [-0.2, -0.15) is 0 Å². The summed E-state index contributed by atoms with van der Waals surface area (Å²) in [7, 11) is 0. The molecular weight excluding hydrogens is 216 g/mol. The molecule has 0 spiro atoms. The van der Waals surface area contributed by atoms with Crippen molar-refractivity contribution in [1.29, 1.82) is 0 Å². The maximum absolute atomic E-state index is 11.4. The van der Waals surface area contributed by atoms with E-state index in [9.17, 15) is 4.79 Å². The second-order valence-electron chi connectivity index (χ2n) is 2.36. The van der Waals surface area contributed by atoms with Gasteiger partial charge in [0.2, 0.25) is 0 Å². The van der Waals surface area contributed by atoms with E-state index in [1.807, 2.05) is 0 Å². The van der Waals surface area contributed by atoms with Crippen LogP contribution in [0.25, 0.3) is 0 Å². The van der Waals surface area contributed by atoms with Crippen LogP contribution in [-0.2, 0) is 4.84 Å². The number of benzene rings is 1. The van der Waals surface area contributed by atoms with Gasteiger partial charge in [-0.25, -0.2) is 4.79 Å². The number of rotatable bonds is 4. The van der Waals surface area contributed by atoms with Crippen LogP contribution in [0.4, 0.5) is 0 Å². The predicted octanol–water partition coefficient (Wildman–Crippen LogP) is 0.704. The first-order valence-electron chi connectivity index (χ1n) is 3.97. The van der Waals surface area contributed by atoms with Gasteiger partial charge in [0.15, 0.2) is 5.75 Å². The maximum Gasteiger partial charge on any atom is 0.371 e. The minimum absolute atomic E-state index is 0.0855. The second-order valence-corrected chi connectivity index (χ2v) is 2.36. The molecule has 4 N–H and O–H groups in total. The summed E-state index contributed by atoms with van der Waals surface area (Å²) in [6.07, 6.45) is 0. The summed E-state index contributed by atoms with van der Waals surface area (Å²) in [6, 6.07) is 6.14. The van der Waals surface area contributed by atoms with Crippen molar-refractivity contribution in [2.75, 3.05) is 0 Å². The third-order valence-electron chi connectivity index (χ3n) is 1.46. The SMILES string of the molecule is NN=NOC(=O)c1ccccc1ON=NN. The largest absolute Gasteiger partial charge is 0.371 e. The summed E-state index contributed by atoms with van der Waals surface area (Å²) in [5.41, 5.74) is 0.0855. The molecule has 9 nitrogen and oxygen atoms in total. The Bertz CT molecular complexity index is 418. The summed E-state index contributed by atoms with van der Waals surface area (Å²) in [6.45, 7) is 0. The average molecular weight is 224 g/mol. The van der Waals surface area contributed by atoms with Gasteiger partial charge in [-0.1, -0.05) is 12.1 Å². The fourth-order valence-corrected chi connectivity index (χ4v) is 0.892. The number of hydrogen-bond donors (Lipinski definition) is 2. The topological polar surface area (TPSA) is 137 Å². The highest BCUT2D eigenvalue weighted by molar-refractivity contribution is 5.92. The lowest BCUT2D eigenvalue weighted by molar-refractivity contribution is 0.0471. The molecule has 1 aromatic rings. The first kappa shape index (κ1) is 11.4. The van der Waals surface area contributed by atoms with Crippen LogP contribution in [0.2, 0.25) is 0 Å². The van der Waals surface area contributed by atoms with Crippen LogP contribution < -0.4 is 16.5 Å². The van der Waals surface area contributed by atoms with Gasteiger partial charge in [0, 0.05) is 0 Å². The van der Waals surface area contributed by atoms with E-state index in [2.05, 4.69) is 31.7 Å². The van der Waals surface area contributed by atoms with Crippen molar-refractivity contribution >= 4 is 5.97 Å². The molecular formula is C7H8N6O3. The molecule has 1 aromatic carbocycles. The highest BCUT2D eigenvalue weighted by Gasteiger charge is 2.14. The molecule has 0 fully saturated rings. The lowest BCUT2D eigenvalue weighted by Gasteiger charge is -2.01. The summed E-state index contributed by atoms with van der Waals surface area (Å²) < 4.78 is 0. The van der Waals surface area contributed by atoms with E-state index in [0.717, 1.165) is 0 Å². The van der Waals surface area contributed by atoms with E-state index < -0.39 is 5.97 Å². The van der Waals surface area contributed by atoms with E-state index in [4.69, 9.17) is 10.7 Å². The molecule has 0 saturated heterocycles. The molecule has 0 amide bonds. The number of nitrogens with zero attached hydrogens (tertiary/aromatic N) is 4. The van der Waals surface area contributed by atoms with E-state index in [1.165, 1.54) is 12.1 Å². The van der Waals surface area contributed by atoms with Crippen LogP contribution in [0, 0.1) is 0 Å². The Hall–Kier alpha value is -2.71. The predicted molar refractivity (Wildman–Crippen MR) is 50.6 cm³/mol. The Morgan fingerprint density at radius 2 is 1.81 bits per heavy atom. The van der Waals surface area contributed by atoms with E-state index in [-0.39, 0.29) is 11.3 Å². The molecule has 16 heavy (non-hydrogen) atoms. The molecule has 0 atom stereocenters. The lowest BCUT2D eigenvalue weighted by Crippen LogP contribution is -2.03. The van der Waals surface area contributed by atoms with Gasteiger partial charge in [-0.05, 0) is 22.6 Å². The quantitative estimate of drug-likeness (QED) is 0.440. The highest BCUT2D eigenvalue weighted by atomic mass is 16.7. The molecule has 1 rings (SSSR count). The Morgan fingerprint density at radius 1 is 1.12 bits per heavy atom. The molecule has 0 heterocycles. The zero-order chi connectivity index (χ0) is 11.8. The molecule has 0 radical (unpaired) electrons. The van der Waals surface area contributed by atoms with Crippen molar-refractivity contribution in [2.45, 2.75) is 0 Å². The van der Waals surface area contributed by atoms with E-state index >= 15 is 0 Å². The van der Waals surface area contributed by atoms with Gasteiger partial charge in [-0.3, -0.25) is 4.84 Å². The van der Waals surface area contributed by atoms with Crippen molar-refractivity contribution in [3.8, 4) is 5.75 Å². The van der Waals surface area contributed by atoms with E-state index in [0.29, 0.717) is 0 Å². The Labute approximate surface area is 89.6 Å². The molecule has 9 heteroatoms. The smallest absolute Gasteiger partial charge is 0.337 e. The van der Waals surface area contributed by atoms with Gasteiger partial charge in [0.25, 0.3) is 0 Å². The number of carbonyl (C=O) groups excluding carboxylic acids is 1. The number of carbonyl (C=O) groups is 1. The molecule has 0 saturated carbocycles. The fourth-order valence-electron chi connectivity index (χ4n) is 0.892. The van der Waals surface area contributed by atoms with Crippen LogP contribution >= 0.6 is 0 Å². The zero-order valence-electron chi connectivity index (χ0n) is 7.98. The number of nitrogens with two attached hydrogens (primary N) is 2. The van der Waals surface area contributed by atoms with Crippen molar-refractivity contribution in [3.63, 3.8) is 0 Å². The molecule has 0 aliphatic rings. The van der Waals surface area contributed by atoms with Crippen molar-refractivity contribution in [3.05, 3.63) is 29.8 Å². The van der Waals surface area contributed by atoms with Gasteiger partial charge >= 0.3 is 5.97 Å². The Balaban J connectivity index is 2.89. The third kappa shape index (κ3) is 2.90. The summed E-state index contributed by atoms with van der Waals surface area (Å²) >= 11 is 0. The monoisotopic (exact) mass is 224 g/mol. The highest BCUT2D eigenvalue weighted by Crippen LogP contribution is 2.19. The molecule has 0 unspecified atom stereocenters. The first-order chi connectivity index (χ1) is 7.79. The summed E-state index contributed by atoms with van der Waals surface area (Å²) in [4.78, 5) is 20.4. The van der Waals surface area contributed by atoms with Crippen molar-refractivity contribution in [2.24, 2.45) is 32.7 Å². The molecule has 0 aromatic heterocycles. The minimum Gasteiger partial charge on any atom is -0.337 e. The van der Waals surface area contributed by atoms with E-state index in [1.54, 1.807) is 12.1 Å². The number of hydrogen-bond acceptors (Lipinski definition) is 7. The van der Waals surface area contributed by atoms with Gasteiger partial charge < -0.3 is 16.5 Å². The Kier molecular flexibility index (Phi) is 4.19. The fraction of sp³-hybridized carbons (Fsp3) is 0. The standard InChI is InChI=1S/C7H8N6O3/c8-10-12-15-6-4-2-1-3-5(6)7(14)16-13-11-9/h1-4H,(H2,8,12)(H2,9,13). The van der Waals surface area contributed by atoms with Crippen molar-refractivity contribution in [1.82, 2.24) is 0 Å². The number of para-hydroxylation sites is 1. The Morgan fingerprint density at radius 3 is 2.50 bits per heavy atom. The first-order valence-corrected chi connectivity index (χ1v) is 3.97. The lowest BCUT2D eigenvalue weighted by atomic mass is 10.2. The molecule has 0 aliphatic heterocycles. The van der Waals surface area contributed by atoms with Gasteiger partial charge in [0.05, 0.1) is 10.6 Å². The van der Waals surface area contributed by atoms with Crippen LogP contribution in [0.5, 0.6) is 5.75 Å². The zero-order valence-corrected chi connectivity index (χ0v) is 7.98. The minimum atomic E-state index is -0.794. The third-order valence-corrected chi connectivity index (χ3v) is 1.46. The van der Waals surface area contributed by atoms with Crippen molar-refractivity contribution < 1.29 is 14.5 Å². The molecule has 0 aliphatic carbocycles. The maximum atomic E-state index is 11.4. The summed E-state index contributed by atoms with van der Waals surface area (Å²) in [5, 5.41) is 11.6. The van der Waals surface area contributed by atoms with Crippen LogP contribution in [0.15, 0.2) is 45.3 Å². The normalized spacial score (nSPS) is 10.8. The van der Waals surface area contributed by atoms with Crippen LogP contribution in [0.1, 0.15) is 10.4 Å². The second kappa shape index (κ2) is 5.90. The summed E-state index contributed by atoms with van der Waals surface area (Å²) in [5.74, 6) is 8.75. The van der Waals surface area contributed by atoms with Crippen LogP contribution in [-0.4, -0.2) is 5.97 Å². The van der Waals surface area contributed by atoms with Gasteiger partial charge in [0.1, 0.15) is 5.56 Å². The molecule has 84 valence electrons.